The molecule has 3 aromatic rings. The van der Waals surface area contributed by atoms with Crippen molar-refractivity contribution < 1.29 is 23.5 Å². The predicted octanol–water partition coefficient (Wildman–Crippen LogP) is 6.80. The summed E-state index contributed by atoms with van der Waals surface area (Å²) in [5, 5.41) is 3.63. The molecule has 1 amide bonds. The van der Waals surface area contributed by atoms with E-state index in [2.05, 4.69) is 44.2 Å². The number of halogens is 1. The van der Waals surface area contributed by atoms with Gasteiger partial charge in [0, 0.05) is 28.6 Å². The van der Waals surface area contributed by atoms with Crippen LogP contribution in [0.2, 0.25) is 23.2 Å². The van der Waals surface area contributed by atoms with E-state index < -0.39 is 20.2 Å². The van der Waals surface area contributed by atoms with Gasteiger partial charge in [0.05, 0.1) is 24.4 Å². The molecule has 3 rings (SSSR count). The Morgan fingerprint density at radius 2 is 1.84 bits per heavy atom. The highest BCUT2D eigenvalue weighted by Crippen LogP contribution is 2.38. The van der Waals surface area contributed by atoms with E-state index in [9.17, 15) is 14.4 Å². The molecule has 0 unspecified atom stereocenters. The molecule has 0 spiro atoms. The highest BCUT2D eigenvalue weighted by molar-refractivity contribution is 6.74. The highest BCUT2D eigenvalue weighted by Gasteiger charge is 2.38. The molecule has 2 aromatic heterocycles. The molecule has 198 valence electrons. The van der Waals surface area contributed by atoms with Gasteiger partial charge in [0.15, 0.2) is 8.32 Å². The van der Waals surface area contributed by atoms with Crippen LogP contribution in [0, 0.1) is 0 Å². The Bertz CT molecular complexity index is 1340. The van der Waals surface area contributed by atoms with Gasteiger partial charge in [-0.05, 0) is 49.3 Å². The van der Waals surface area contributed by atoms with Crippen LogP contribution in [0.25, 0.3) is 10.9 Å². The lowest BCUT2D eigenvalue weighted by Crippen LogP contribution is -2.40. The van der Waals surface area contributed by atoms with Crippen molar-refractivity contribution in [3.8, 4) is 0 Å². The first kappa shape index (κ1) is 28.6. The molecule has 1 aromatic carbocycles. The monoisotopic (exact) mass is 543 g/mol. The van der Waals surface area contributed by atoms with Crippen LogP contribution < -0.4 is 5.32 Å². The third-order valence-corrected chi connectivity index (χ3v) is 11.4. The first-order valence-electron chi connectivity index (χ1n) is 12.3. The van der Waals surface area contributed by atoms with Crippen LogP contribution >= 0.6 is 11.6 Å². The van der Waals surface area contributed by atoms with E-state index in [4.69, 9.17) is 20.8 Å². The maximum atomic E-state index is 14.1. The second kappa shape index (κ2) is 11.2. The van der Waals surface area contributed by atoms with Gasteiger partial charge in [-0.1, -0.05) is 45.4 Å². The van der Waals surface area contributed by atoms with Crippen LogP contribution in [-0.4, -0.2) is 42.3 Å². The number of ether oxygens (including phenoxy) is 1. The molecular weight excluding hydrogens is 510 g/mol. The van der Waals surface area contributed by atoms with E-state index in [0.29, 0.717) is 21.5 Å². The zero-order chi connectivity index (χ0) is 27.5. The molecule has 0 aliphatic carbocycles. The SMILES string of the molecule is CCOC(=O)n1c(C(=O)c2ncccc2CO[Si](C)(C)C(C)(C)C)c(NC(=O)CC)c2ccc(Cl)cc21. The summed E-state index contributed by atoms with van der Waals surface area (Å²) in [6.45, 7) is 14.3. The molecule has 0 aliphatic heterocycles. The summed E-state index contributed by atoms with van der Waals surface area (Å²) in [4.78, 5) is 44.1. The number of nitrogens with one attached hydrogen (secondary N) is 1. The Kier molecular flexibility index (Phi) is 8.62. The second-order valence-electron chi connectivity index (χ2n) is 10.2. The Hall–Kier alpha value is -3.01. The molecule has 37 heavy (non-hydrogen) atoms. The van der Waals surface area contributed by atoms with Crippen molar-refractivity contribution in [3.05, 3.63) is 58.5 Å². The molecule has 10 heteroatoms. The second-order valence-corrected chi connectivity index (χ2v) is 15.5. The molecule has 0 aliphatic rings. The van der Waals surface area contributed by atoms with E-state index >= 15 is 0 Å². The fourth-order valence-corrected chi connectivity index (χ4v) is 4.67. The first-order chi connectivity index (χ1) is 17.3. The van der Waals surface area contributed by atoms with Gasteiger partial charge < -0.3 is 14.5 Å². The quantitative estimate of drug-likeness (QED) is 0.248. The number of benzene rings is 1. The molecule has 0 fully saturated rings. The number of ketones is 1. The van der Waals surface area contributed by atoms with E-state index in [1.54, 1.807) is 44.2 Å². The minimum Gasteiger partial charge on any atom is -0.449 e. The number of aromatic nitrogens is 2. The van der Waals surface area contributed by atoms with Crippen LogP contribution in [0.4, 0.5) is 10.5 Å². The van der Waals surface area contributed by atoms with Gasteiger partial charge in [-0.15, -0.1) is 0 Å². The fraction of sp³-hybridized carbons (Fsp3) is 0.407. The first-order valence-corrected chi connectivity index (χ1v) is 15.5. The smallest absolute Gasteiger partial charge is 0.419 e. The van der Waals surface area contributed by atoms with E-state index in [0.717, 1.165) is 4.57 Å². The van der Waals surface area contributed by atoms with Crippen LogP contribution in [0.1, 0.15) is 62.8 Å². The molecule has 0 bridgehead atoms. The summed E-state index contributed by atoms with van der Waals surface area (Å²) >= 11 is 6.25. The van der Waals surface area contributed by atoms with Crippen molar-refractivity contribution in [2.24, 2.45) is 0 Å². The van der Waals surface area contributed by atoms with E-state index in [1.807, 2.05) is 0 Å². The van der Waals surface area contributed by atoms with Crippen LogP contribution in [-0.2, 0) is 20.6 Å². The number of hydrogen-bond donors (Lipinski definition) is 1. The maximum Gasteiger partial charge on any atom is 0.419 e. The van der Waals surface area contributed by atoms with Gasteiger partial charge in [-0.2, -0.15) is 0 Å². The number of rotatable bonds is 8. The number of hydrogen-bond acceptors (Lipinski definition) is 6. The topological polar surface area (TPSA) is 99.5 Å². The van der Waals surface area contributed by atoms with Gasteiger partial charge in [-0.25, -0.2) is 9.36 Å². The van der Waals surface area contributed by atoms with Crippen molar-refractivity contribution in [2.75, 3.05) is 11.9 Å². The summed E-state index contributed by atoms with van der Waals surface area (Å²) in [5.41, 5.74) is 1.22. The lowest BCUT2D eigenvalue weighted by atomic mass is 10.1. The van der Waals surface area contributed by atoms with Gasteiger partial charge >= 0.3 is 6.09 Å². The summed E-state index contributed by atoms with van der Waals surface area (Å²) in [5.74, 6) is -0.851. The summed E-state index contributed by atoms with van der Waals surface area (Å²) in [6, 6.07) is 8.38. The Morgan fingerprint density at radius 3 is 2.46 bits per heavy atom. The van der Waals surface area contributed by atoms with Crippen LogP contribution in [0.3, 0.4) is 0 Å². The predicted molar refractivity (Wildman–Crippen MR) is 148 cm³/mol. The Morgan fingerprint density at radius 1 is 1.14 bits per heavy atom. The number of anilines is 1. The molecule has 1 N–H and O–H groups in total. The van der Waals surface area contributed by atoms with Crippen molar-refractivity contribution in [1.29, 1.82) is 0 Å². The largest absolute Gasteiger partial charge is 0.449 e. The molecule has 0 saturated carbocycles. The number of nitrogens with zero attached hydrogens (tertiary/aromatic N) is 2. The van der Waals surface area contributed by atoms with Crippen molar-refractivity contribution in [1.82, 2.24) is 9.55 Å². The molecule has 8 nitrogen and oxygen atoms in total. The average molecular weight is 544 g/mol. The number of carbonyl (C=O) groups excluding carboxylic acids is 3. The van der Waals surface area contributed by atoms with Gasteiger partial charge in [-0.3, -0.25) is 14.6 Å². The lowest BCUT2D eigenvalue weighted by Gasteiger charge is -2.36. The van der Waals surface area contributed by atoms with Gasteiger partial charge in [0.1, 0.15) is 11.4 Å². The van der Waals surface area contributed by atoms with Gasteiger partial charge in [0.25, 0.3) is 0 Å². The zero-order valence-corrected chi connectivity index (χ0v) is 24.2. The summed E-state index contributed by atoms with van der Waals surface area (Å²) < 4.78 is 12.8. The highest BCUT2D eigenvalue weighted by atomic mass is 35.5. The standard InChI is InChI=1S/C27H34ClN3O5Si/c1-8-21(32)30-23-19-13-12-18(28)15-20(19)31(26(34)35-9-2)24(23)25(33)22-17(11-10-14-29-22)16-36-37(6,7)27(3,4)5/h10-15H,8-9,16H2,1-7H3,(H,30,32). The summed E-state index contributed by atoms with van der Waals surface area (Å²) in [6.07, 6.45) is 0.939. The number of carbonyl (C=O) groups is 3. The fourth-order valence-electron chi connectivity index (χ4n) is 3.55. The van der Waals surface area contributed by atoms with Gasteiger partial charge in [0.2, 0.25) is 11.7 Å². The molecule has 0 atom stereocenters. The number of amides is 1. The molecule has 0 saturated heterocycles. The van der Waals surface area contributed by atoms with Crippen molar-refractivity contribution in [3.63, 3.8) is 0 Å². The average Bonchev–Trinajstić information content (AvgIpc) is 3.14. The van der Waals surface area contributed by atoms with E-state index in [-0.39, 0.29) is 47.7 Å². The van der Waals surface area contributed by atoms with Crippen molar-refractivity contribution >= 4 is 54.3 Å². The van der Waals surface area contributed by atoms with Crippen LogP contribution in [0.15, 0.2) is 36.5 Å². The third kappa shape index (κ3) is 5.95. The van der Waals surface area contributed by atoms with Crippen molar-refractivity contribution in [2.45, 2.75) is 65.8 Å². The normalized spacial score (nSPS) is 12.0. The third-order valence-electron chi connectivity index (χ3n) is 6.68. The maximum absolute atomic E-state index is 14.1. The molecular formula is C27H34ClN3O5Si. The lowest BCUT2D eigenvalue weighted by molar-refractivity contribution is -0.115. The number of fused-ring (bicyclic) bond motifs is 1. The Labute approximate surface area is 223 Å². The minimum atomic E-state index is -2.12. The summed E-state index contributed by atoms with van der Waals surface area (Å²) in [7, 11) is -2.12. The number of pyridine rings is 1. The zero-order valence-electron chi connectivity index (χ0n) is 22.4. The minimum absolute atomic E-state index is 0.0212. The molecule has 0 radical (unpaired) electrons. The molecule has 2 heterocycles. The van der Waals surface area contributed by atoms with E-state index in [1.165, 1.54) is 6.20 Å². The van der Waals surface area contributed by atoms with Crippen LogP contribution in [0.5, 0.6) is 0 Å². The Balaban J connectivity index is 2.23.